The van der Waals surface area contributed by atoms with Crippen LogP contribution in [-0.2, 0) is 4.79 Å². The summed E-state index contributed by atoms with van der Waals surface area (Å²) < 4.78 is 4.98. The molecule has 0 saturated carbocycles. The summed E-state index contributed by atoms with van der Waals surface area (Å²) >= 11 is 5.97. The van der Waals surface area contributed by atoms with Gasteiger partial charge in [-0.1, -0.05) is 11.6 Å². The number of ether oxygens (including phenoxy) is 1. The third-order valence-electron chi connectivity index (χ3n) is 2.77. The molecule has 21 heavy (non-hydrogen) atoms. The van der Waals surface area contributed by atoms with Gasteiger partial charge in [0.25, 0.3) is 0 Å². The first-order valence-corrected chi connectivity index (χ1v) is 6.71. The molecule has 0 aliphatic rings. The van der Waals surface area contributed by atoms with Gasteiger partial charge in [-0.15, -0.1) is 12.3 Å². The minimum Gasteiger partial charge on any atom is -0.496 e. The molecule has 0 atom stereocenters. The molecular formula is C15H16ClNO4. The van der Waals surface area contributed by atoms with Crippen LogP contribution in [0, 0.1) is 12.3 Å². The van der Waals surface area contributed by atoms with Gasteiger partial charge in [-0.05, 0) is 18.9 Å². The molecule has 0 unspecified atom stereocenters. The average molecular weight is 310 g/mol. The largest absolute Gasteiger partial charge is 0.496 e. The van der Waals surface area contributed by atoms with Gasteiger partial charge in [0.05, 0.1) is 17.8 Å². The lowest BCUT2D eigenvalue weighted by Crippen LogP contribution is -2.12. The predicted molar refractivity (Wildman–Crippen MR) is 80.9 cm³/mol. The van der Waals surface area contributed by atoms with E-state index in [2.05, 4.69) is 11.2 Å². The fourth-order valence-corrected chi connectivity index (χ4v) is 1.92. The number of anilines is 1. The van der Waals surface area contributed by atoms with E-state index in [1.165, 1.54) is 19.2 Å². The van der Waals surface area contributed by atoms with Crippen molar-refractivity contribution in [3.05, 3.63) is 22.7 Å². The van der Waals surface area contributed by atoms with Crippen LogP contribution in [0.2, 0.25) is 5.02 Å². The van der Waals surface area contributed by atoms with Crippen LogP contribution in [0.25, 0.3) is 0 Å². The van der Waals surface area contributed by atoms with Gasteiger partial charge in [0.15, 0.2) is 0 Å². The molecule has 1 aromatic rings. The number of hydrogen-bond donors (Lipinski definition) is 2. The molecule has 2 N–H and O–H groups in total. The standard InChI is InChI=1S/C15H16ClNO4/c1-3-4-5-6-7-14(18)17-12-9-13(21-2)10(15(19)20)8-11(12)16/h1,8-9H,4-7H2,2H3,(H,17,18)(H,19,20). The van der Waals surface area contributed by atoms with E-state index in [9.17, 15) is 9.59 Å². The zero-order valence-corrected chi connectivity index (χ0v) is 12.4. The van der Waals surface area contributed by atoms with Gasteiger partial charge in [0, 0.05) is 18.9 Å². The molecule has 1 rings (SSSR count). The number of unbranched alkanes of at least 4 members (excludes halogenated alkanes) is 2. The molecule has 0 bridgehead atoms. The van der Waals surface area contributed by atoms with Gasteiger partial charge in [-0.3, -0.25) is 4.79 Å². The minimum absolute atomic E-state index is 0.0606. The highest BCUT2D eigenvalue weighted by Crippen LogP contribution is 2.31. The number of terminal acetylenes is 1. The number of carbonyl (C=O) groups is 2. The Morgan fingerprint density at radius 1 is 1.43 bits per heavy atom. The minimum atomic E-state index is -1.15. The molecule has 112 valence electrons. The summed E-state index contributed by atoms with van der Waals surface area (Å²) in [4.78, 5) is 22.8. The predicted octanol–water partition coefficient (Wildman–Crippen LogP) is 3.18. The molecule has 0 saturated heterocycles. The van der Waals surface area contributed by atoms with Gasteiger partial charge in [0.1, 0.15) is 11.3 Å². The Labute approximate surface area is 128 Å². The van der Waals surface area contributed by atoms with E-state index in [0.717, 1.165) is 6.42 Å². The average Bonchev–Trinajstić information content (AvgIpc) is 2.45. The van der Waals surface area contributed by atoms with Crippen LogP contribution in [0.15, 0.2) is 12.1 Å². The highest BCUT2D eigenvalue weighted by molar-refractivity contribution is 6.34. The van der Waals surface area contributed by atoms with Crippen molar-refractivity contribution >= 4 is 29.2 Å². The van der Waals surface area contributed by atoms with Crippen molar-refractivity contribution < 1.29 is 19.4 Å². The first-order valence-electron chi connectivity index (χ1n) is 6.33. The zero-order valence-electron chi connectivity index (χ0n) is 11.6. The van der Waals surface area contributed by atoms with E-state index in [-0.39, 0.29) is 22.2 Å². The number of rotatable bonds is 7. The summed E-state index contributed by atoms with van der Waals surface area (Å²) in [5.41, 5.74) is 0.259. The van der Waals surface area contributed by atoms with Gasteiger partial charge >= 0.3 is 5.97 Å². The van der Waals surface area contributed by atoms with Crippen molar-refractivity contribution in [2.24, 2.45) is 0 Å². The Hall–Kier alpha value is -2.19. The van der Waals surface area contributed by atoms with Gasteiger partial charge in [-0.25, -0.2) is 4.79 Å². The normalized spacial score (nSPS) is 9.76. The summed E-state index contributed by atoms with van der Waals surface area (Å²) in [7, 11) is 1.35. The van der Waals surface area contributed by atoms with Gasteiger partial charge < -0.3 is 15.2 Å². The lowest BCUT2D eigenvalue weighted by molar-refractivity contribution is -0.116. The molecule has 0 aromatic heterocycles. The molecule has 1 aromatic carbocycles. The second-order valence-corrected chi connectivity index (χ2v) is 4.70. The summed E-state index contributed by atoms with van der Waals surface area (Å²) in [6.45, 7) is 0. The Bertz CT molecular complexity index is 578. The number of nitrogens with one attached hydrogen (secondary N) is 1. The van der Waals surface area contributed by atoms with E-state index in [0.29, 0.717) is 24.9 Å². The second kappa shape index (κ2) is 8.18. The van der Waals surface area contributed by atoms with Crippen LogP contribution >= 0.6 is 11.6 Å². The van der Waals surface area contributed by atoms with Gasteiger partial charge in [-0.2, -0.15) is 0 Å². The summed E-state index contributed by atoms with van der Waals surface area (Å²) in [5.74, 6) is 1.28. The Morgan fingerprint density at radius 3 is 2.71 bits per heavy atom. The van der Waals surface area contributed by atoms with Crippen LogP contribution < -0.4 is 10.1 Å². The second-order valence-electron chi connectivity index (χ2n) is 4.30. The molecule has 0 heterocycles. The number of carboxylic acid groups (broad SMARTS) is 1. The fourth-order valence-electron chi connectivity index (χ4n) is 1.71. The van der Waals surface area contributed by atoms with Crippen molar-refractivity contribution in [3.8, 4) is 18.1 Å². The molecule has 1 amide bonds. The number of carboxylic acids is 1. The number of benzene rings is 1. The number of halogens is 1. The summed E-state index contributed by atoms with van der Waals surface area (Å²) in [6.07, 6.45) is 7.54. The summed E-state index contributed by atoms with van der Waals surface area (Å²) in [5, 5.41) is 11.8. The highest BCUT2D eigenvalue weighted by Gasteiger charge is 2.16. The third kappa shape index (κ3) is 5.01. The lowest BCUT2D eigenvalue weighted by atomic mass is 10.1. The molecule has 0 aliphatic carbocycles. The van der Waals surface area contributed by atoms with E-state index >= 15 is 0 Å². The first-order chi connectivity index (χ1) is 9.99. The van der Waals surface area contributed by atoms with Crippen LogP contribution in [0.3, 0.4) is 0 Å². The number of amides is 1. The van der Waals surface area contributed by atoms with E-state index < -0.39 is 5.97 Å². The number of aromatic carboxylic acids is 1. The first kappa shape index (κ1) is 16.9. The van der Waals surface area contributed by atoms with Gasteiger partial charge in [0.2, 0.25) is 5.91 Å². The molecule has 5 nitrogen and oxygen atoms in total. The van der Waals surface area contributed by atoms with Crippen molar-refractivity contribution in [2.45, 2.75) is 25.7 Å². The molecule has 6 heteroatoms. The highest BCUT2D eigenvalue weighted by atomic mass is 35.5. The zero-order chi connectivity index (χ0) is 15.8. The molecular weight excluding hydrogens is 294 g/mol. The molecule has 0 aliphatic heterocycles. The monoisotopic (exact) mass is 309 g/mol. The smallest absolute Gasteiger partial charge is 0.339 e. The van der Waals surface area contributed by atoms with Crippen LogP contribution in [0.4, 0.5) is 5.69 Å². The van der Waals surface area contributed by atoms with Crippen LogP contribution in [0.5, 0.6) is 5.75 Å². The van der Waals surface area contributed by atoms with Crippen LogP contribution in [0.1, 0.15) is 36.0 Å². The number of hydrogen-bond acceptors (Lipinski definition) is 3. The maximum atomic E-state index is 11.8. The molecule has 0 fully saturated rings. The van der Waals surface area contributed by atoms with E-state index in [1.54, 1.807) is 0 Å². The third-order valence-corrected chi connectivity index (χ3v) is 3.08. The van der Waals surface area contributed by atoms with Crippen LogP contribution in [-0.4, -0.2) is 24.1 Å². The number of carbonyl (C=O) groups excluding carboxylic acids is 1. The maximum Gasteiger partial charge on any atom is 0.339 e. The van der Waals surface area contributed by atoms with E-state index in [1.807, 2.05) is 0 Å². The topological polar surface area (TPSA) is 75.6 Å². The molecule has 0 spiro atoms. The van der Waals surface area contributed by atoms with Crippen molar-refractivity contribution in [2.75, 3.05) is 12.4 Å². The molecule has 0 radical (unpaired) electrons. The Kier molecular flexibility index (Phi) is 6.57. The Balaban J connectivity index is 2.77. The van der Waals surface area contributed by atoms with Crippen molar-refractivity contribution in [1.82, 2.24) is 0 Å². The summed E-state index contributed by atoms with van der Waals surface area (Å²) in [6, 6.07) is 2.64. The quantitative estimate of drug-likeness (QED) is 0.599. The fraction of sp³-hybridized carbons (Fsp3) is 0.333. The Morgan fingerprint density at radius 2 is 2.14 bits per heavy atom. The maximum absolute atomic E-state index is 11.8. The lowest BCUT2D eigenvalue weighted by Gasteiger charge is -2.11. The number of methoxy groups -OCH3 is 1. The van der Waals surface area contributed by atoms with Crippen molar-refractivity contribution in [1.29, 1.82) is 0 Å². The SMILES string of the molecule is C#CCCCCC(=O)Nc1cc(OC)c(C(=O)O)cc1Cl. The van der Waals surface area contributed by atoms with E-state index in [4.69, 9.17) is 27.9 Å². The van der Waals surface area contributed by atoms with Crippen molar-refractivity contribution in [3.63, 3.8) is 0 Å².